The molecule has 1 aromatic heterocycles. The molecule has 2 heterocycles. The number of rotatable bonds is 7. The number of nitrogens with one attached hydrogen (secondary N) is 1. The Morgan fingerprint density at radius 3 is 2.40 bits per heavy atom. The lowest BCUT2D eigenvalue weighted by molar-refractivity contribution is -0.117. The van der Waals surface area contributed by atoms with Crippen molar-refractivity contribution in [2.24, 2.45) is 0 Å². The van der Waals surface area contributed by atoms with Crippen LogP contribution < -0.4 is 5.32 Å². The van der Waals surface area contributed by atoms with E-state index in [1.54, 1.807) is 24.3 Å². The molecule has 4 rings (SSSR count). The first kappa shape index (κ1) is 25.6. The average Bonchev–Trinajstić information content (AvgIpc) is 3.26. The molecule has 0 unspecified atom stereocenters. The monoisotopic (exact) mass is 535 g/mol. The Bertz CT molecular complexity index is 1210. The van der Waals surface area contributed by atoms with Crippen LogP contribution in [0.5, 0.6) is 0 Å². The summed E-state index contributed by atoms with van der Waals surface area (Å²) in [6.07, 6.45) is 0. The van der Waals surface area contributed by atoms with E-state index in [0.29, 0.717) is 40.8 Å². The highest BCUT2D eigenvalue weighted by Crippen LogP contribution is 2.36. The number of esters is 1. The van der Waals surface area contributed by atoms with E-state index in [1.165, 1.54) is 24.5 Å². The van der Waals surface area contributed by atoms with Crippen LogP contribution in [0, 0.1) is 5.82 Å². The molecule has 1 aliphatic heterocycles. The molecule has 3 aromatic rings. The second kappa shape index (κ2) is 11.5. The average molecular weight is 536 g/mol. The van der Waals surface area contributed by atoms with Crippen LogP contribution >= 0.6 is 34.5 Å². The lowest BCUT2D eigenvalue weighted by atomic mass is 10.0. The van der Waals surface area contributed by atoms with E-state index in [2.05, 4.69) is 15.1 Å². The lowest BCUT2D eigenvalue weighted by Gasteiger charge is -2.34. The Morgan fingerprint density at radius 2 is 1.74 bits per heavy atom. The molecule has 1 amide bonds. The predicted molar refractivity (Wildman–Crippen MR) is 138 cm³/mol. The fourth-order valence-corrected chi connectivity index (χ4v) is 5.27. The molecule has 0 spiro atoms. The topological polar surface area (TPSA) is 61.9 Å². The summed E-state index contributed by atoms with van der Waals surface area (Å²) in [5, 5.41) is 5.88. The van der Waals surface area contributed by atoms with Gasteiger partial charge in [0.2, 0.25) is 5.91 Å². The number of piperazine rings is 1. The first-order valence-corrected chi connectivity index (χ1v) is 12.6. The van der Waals surface area contributed by atoms with Gasteiger partial charge < -0.3 is 10.1 Å². The molecule has 0 saturated carbocycles. The normalized spacial score (nSPS) is 14.6. The number of ether oxygens (including phenoxy) is 1. The molecular weight excluding hydrogens is 512 g/mol. The summed E-state index contributed by atoms with van der Waals surface area (Å²) in [5.74, 6) is -1.13. The van der Waals surface area contributed by atoms with Crippen molar-refractivity contribution in [1.82, 2.24) is 9.80 Å². The Kier molecular flexibility index (Phi) is 8.41. The first-order chi connectivity index (χ1) is 16.8. The summed E-state index contributed by atoms with van der Waals surface area (Å²) >= 11 is 13.1. The fraction of sp³-hybridized carbons (Fsp3) is 0.280. The summed E-state index contributed by atoms with van der Waals surface area (Å²) in [6.45, 7) is 3.86. The third-order valence-corrected chi connectivity index (χ3v) is 7.25. The van der Waals surface area contributed by atoms with Crippen molar-refractivity contribution in [2.45, 2.75) is 6.54 Å². The molecule has 35 heavy (non-hydrogen) atoms. The molecule has 1 aliphatic rings. The third-order valence-electron chi connectivity index (χ3n) is 5.81. The minimum Gasteiger partial charge on any atom is -0.465 e. The first-order valence-electron chi connectivity index (χ1n) is 11.0. The number of hydrogen-bond acceptors (Lipinski definition) is 6. The van der Waals surface area contributed by atoms with Crippen molar-refractivity contribution < 1.29 is 18.7 Å². The molecule has 2 aromatic carbocycles. The van der Waals surface area contributed by atoms with Crippen molar-refractivity contribution in [3.05, 3.63) is 74.8 Å². The van der Waals surface area contributed by atoms with Crippen LogP contribution in [0.3, 0.4) is 0 Å². The van der Waals surface area contributed by atoms with Crippen LogP contribution in [-0.2, 0) is 16.1 Å². The molecule has 0 atom stereocenters. The van der Waals surface area contributed by atoms with Gasteiger partial charge in [0.15, 0.2) is 0 Å². The summed E-state index contributed by atoms with van der Waals surface area (Å²) in [4.78, 5) is 29.6. The zero-order valence-electron chi connectivity index (χ0n) is 19.0. The number of amides is 1. The van der Waals surface area contributed by atoms with Crippen molar-refractivity contribution in [3.63, 3.8) is 0 Å². The Labute approximate surface area is 217 Å². The van der Waals surface area contributed by atoms with Crippen LogP contribution in [0.2, 0.25) is 10.0 Å². The van der Waals surface area contributed by atoms with E-state index in [0.717, 1.165) is 24.2 Å². The van der Waals surface area contributed by atoms with Gasteiger partial charge in [0.05, 0.1) is 18.7 Å². The maximum absolute atomic E-state index is 13.4. The number of hydrogen-bond donors (Lipinski definition) is 1. The van der Waals surface area contributed by atoms with E-state index < -0.39 is 11.8 Å². The molecule has 1 fully saturated rings. The van der Waals surface area contributed by atoms with Crippen LogP contribution in [0.15, 0.2) is 47.8 Å². The zero-order chi connectivity index (χ0) is 24.9. The van der Waals surface area contributed by atoms with E-state index in [1.807, 2.05) is 17.5 Å². The molecule has 0 bridgehead atoms. The van der Waals surface area contributed by atoms with Crippen molar-refractivity contribution >= 4 is 51.4 Å². The molecule has 184 valence electrons. The van der Waals surface area contributed by atoms with Crippen molar-refractivity contribution in [2.75, 3.05) is 45.2 Å². The SMILES string of the molecule is COC(=O)c1c(-c2ccc(Cl)cc2)csc1NC(=O)CN1CCN(Cc2ccc(F)c(Cl)c2)CC1. The number of nitrogens with zero attached hydrogens (tertiary/aromatic N) is 2. The number of carbonyl (C=O) groups excluding carboxylic acids is 2. The second-order valence-corrected chi connectivity index (χ2v) is 9.92. The summed E-state index contributed by atoms with van der Waals surface area (Å²) in [7, 11) is 1.32. The van der Waals surface area contributed by atoms with Gasteiger partial charge >= 0.3 is 5.97 Å². The molecule has 10 heteroatoms. The van der Waals surface area contributed by atoms with Crippen LogP contribution in [0.1, 0.15) is 15.9 Å². The third kappa shape index (κ3) is 6.39. The van der Waals surface area contributed by atoms with Crippen LogP contribution in [0.25, 0.3) is 11.1 Å². The van der Waals surface area contributed by atoms with Gasteiger partial charge in [-0.15, -0.1) is 11.3 Å². The van der Waals surface area contributed by atoms with E-state index in [9.17, 15) is 14.0 Å². The predicted octanol–water partition coefficient (Wildman–Crippen LogP) is 5.40. The van der Waals surface area contributed by atoms with E-state index >= 15 is 0 Å². The van der Waals surface area contributed by atoms with Gasteiger partial charge in [0, 0.05) is 48.7 Å². The van der Waals surface area contributed by atoms with Crippen molar-refractivity contribution in [3.8, 4) is 11.1 Å². The second-order valence-electron chi connectivity index (χ2n) is 8.20. The van der Waals surface area contributed by atoms with Gasteiger partial charge in [-0.25, -0.2) is 9.18 Å². The van der Waals surface area contributed by atoms with E-state index in [4.69, 9.17) is 27.9 Å². The smallest absolute Gasteiger partial charge is 0.341 e. The Morgan fingerprint density at radius 1 is 1.06 bits per heavy atom. The number of thiophene rings is 1. The standard InChI is InChI=1S/C25H24Cl2FN3O3S/c1-34-25(33)23-19(17-3-5-18(26)6-4-17)15-35-24(23)29-22(32)14-31-10-8-30(9-11-31)13-16-2-7-21(28)20(27)12-16/h2-7,12,15H,8-11,13-14H2,1H3,(H,29,32). The zero-order valence-corrected chi connectivity index (χ0v) is 21.4. The minimum absolute atomic E-state index is 0.122. The Hall–Kier alpha value is -2.49. The summed E-state index contributed by atoms with van der Waals surface area (Å²) in [5.41, 5.74) is 2.77. The molecular formula is C25H24Cl2FN3O3S. The van der Waals surface area contributed by atoms with Gasteiger partial charge in [-0.2, -0.15) is 0 Å². The highest BCUT2D eigenvalue weighted by Gasteiger charge is 2.24. The van der Waals surface area contributed by atoms with Gasteiger partial charge in [-0.05, 0) is 35.4 Å². The highest BCUT2D eigenvalue weighted by atomic mass is 35.5. The molecule has 6 nitrogen and oxygen atoms in total. The number of anilines is 1. The summed E-state index contributed by atoms with van der Waals surface area (Å²) < 4.78 is 18.4. The summed E-state index contributed by atoms with van der Waals surface area (Å²) in [6, 6.07) is 11.9. The Balaban J connectivity index is 1.35. The number of benzene rings is 2. The number of methoxy groups -OCH3 is 1. The van der Waals surface area contributed by atoms with Crippen LogP contribution in [0.4, 0.5) is 9.39 Å². The molecule has 0 aliphatic carbocycles. The van der Waals surface area contributed by atoms with Crippen LogP contribution in [-0.4, -0.2) is 61.5 Å². The van der Waals surface area contributed by atoms with Gasteiger partial charge in [-0.3, -0.25) is 14.6 Å². The highest BCUT2D eigenvalue weighted by molar-refractivity contribution is 7.15. The largest absolute Gasteiger partial charge is 0.465 e. The molecule has 1 saturated heterocycles. The van der Waals surface area contributed by atoms with E-state index in [-0.39, 0.29) is 17.5 Å². The van der Waals surface area contributed by atoms with Crippen molar-refractivity contribution in [1.29, 1.82) is 0 Å². The maximum Gasteiger partial charge on any atom is 0.341 e. The maximum atomic E-state index is 13.4. The van der Waals surface area contributed by atoms with Gasteiger partial charge in [0.25, 0.3) is 0 Å². The number of carbonyl (C=O) groups is 2. The quantitative estimate of drug-likeness (QED) is 0.410. The molecule has 1 N–H and O–H groups in total. The lowest BCUT2D eigenvalue weighted by Crippen LogP contribution is -2.48. The molecule has 0 radical (unpaired) electrons. The van der Waals surface area contributed by atoms with Gasteiger partial charge in [-0.1, -0.05) is 41.4 Å². The minimum atomic E-state index is -0.513. The number of halogens is 3. The van der Waals surface area contributed by atoms with Gasteiger partial charge in [0.1, 0.15) is 16.4 Å². The fourth-order valence-electron chi connectivity index (χ4n) is 3.97.